The Kier molecular flexibility index (Phi) is 7.24. The summed E-state index contributed by atoms with van der Waals surface area (Å²) < 4.78 is 10.5. The molecule has 0 saturated heterocycles. The van der Waals surface area contributed by atoms with Gasteiger partial charge in [0.05, 0.1) is 22.5 Å². The summed E-state index contributed by atoms with van der Waals surface area (Å²) in [5.41, 5.74) is 2.31. The van der Waals surface area contributed by atoms with E-state index in [2.05, 4.69) is 42.0 Å². The molecule has 3 rings (SSSR count). The Bertz CT molecular complexity index is 1080. The molecule has 0 aliphatic heterocycles. The van der Waals surface area contributed by atoms with Crippen LogP contribution in [0, 0.1) is 6.92 Å². The minimum Gasteiger partial charge on any atom is -0.430 e. The Balaban J connectivity index is 1.80. The lowest BCUT2D eigenvalue weighted by molar-refractivity contribution is 0.429. The Labute approximate surface area is 197 Å². The van der Waals surface area contributed by atoms with Crippen LogP contribution in [0.3, 0.4) is 0 Å². The van der Waals surface area contributed by atoms with Gasteiger partial charge in [-0.05, 0) is 63.9 Å². The zero-order valence-electron chi connectivity index (χ0n) is 18.5. The quantitative estimate of drug-likeness (QED) is 0.265. The van der Waals surface area contributed by atoms with Crippen molar-refractivity contribution in [1.29, 1.82) is 0 Å². The topological polar surface area (TPSA) is 50.6 Å². The maximum atomic E-state index is 6.45. The molecule has 0 N–H and O–H groups in total. The zero-order valence-corrected chi connectivity index (χ0v) is 20.8. The van der Waals surface area contributed by atoms with E-state index in [0.717, 1.165) is 11.1 Å². The number of benzene rings is 2. The third-order valence-corrected chi connectivity index (χ3v) is 6.32. The summed E-state index contributed by atoms with van der Waals surface area (Å²) in [7, 11) is 1.98. The van der Waals surface area contributed by atoms with Crippen molar-refractivity contribution in [2.75, 3.05) is 7.05 Å². The fourth-order valence-corrected chi connectivity index (χ4v) is 3.75. The van der Waals surface area contributed by atoms with Gasteiger partial charge in [0.1, 0.15) is 5.75 Å². The predicted molar refractivity (Wildman–Crippen MR) is 131 cm³/mol. The first-order chi connectivity index (χ1) is 14.6. The lowest BCUT2D eigenvalue weighted by Gasteiger charge is -2.21. The van der Waals surface area contributed by atoms with Crippen molar-refractivity contribution in [3.63, 3.8) is 0 Å². The fourth-order valence-electron chi connectivity index (χ4n) is 2.74. The average molecular weight is 477 g/mol. The van der Waals surface area contributed by atoms with Crippen LogP contribution >= 0.6 is 34.7 Å². The number of halogens is 2. The standard InChI is InChI=1S/C23H26Cl2N4OS/c1-14(2)29(6)13-26-19-11-15(3)20(12-18(19)25)30-22-27-21(28-31-22)23(4,5)16-7-9-17(24)10-8-16/h7-14H,1-6H3/b26-13-. The molecule has 31 heavy (non-hydrogen) atoms. The second kappa shape index (κ2) is 9.55. The largest absolute Gasteiger partial charge is 0.430 e. The molecule has 5 nitrogen and oxygen atoms in total. The van der Waals surface area contributed by atoms with E-state index in [9.17, 15) is 0 Å². The SMILES string of the molecule is Cc1cc(/N=C\N(C)C(C)C)c(Cl)cc1Oc1nc(C(C)(C)c2ccc(Cl)cc2)ns1. The highest BCUT2D eigenvalue weighted by atomic mass is 35.5. The van der Waals surface area contributed by atoms with Gasteiger partial charge in [0, 0.05) is 35.7 Å². The molecule has 164 valence electrons. The molecule has 0 aliphatic rings. The maximum Gasteiger partial charge on any atom is 0.298 e. The highest BCUT2D eigenvalue weighted by molar-refractivity contribution is 7.07. The molecule has 0 amide bonds. The van der Waals surface area contributed by atoms with Crippen molar-refractivity contribution in [3.8, 4) is 10.9 Å². The molecule has 0 bridgehead atoms. The maximum absolute atomic E-state index is 6.45. The number of rotatable bonds is 7. The van der Waals surface area contributed by atoms with E-state index >= 15 is 0 Å². The summed E-state index contributed by atoms with van der Waals surface area (Å²) in [5.74, 6) is 1.32. The van der Waals surface area contributed by atoms with Gasteiger partial charge < -0.3 is 9.64 Å². The third kappa shape index (κ3) is 5.56. The minimum atomic E-state index is -0.379. The van der Waals surface area contributed by atoms with Crippen molar-refractivity contribution in [3.05, 3.63) is 63.4 Å². The van der Waals surface area contributed by atoms with Crippen LogP contribution in [0.2, 0.25) is 10.0 Å². The van der Waals surface area contributed by atoms with Crippen molar-refractivity contribution in [1.82, 2.24) is 14.3 Å². The number of nitrogens with zero attached hydrogens (tertiary/aromatic N) is 4. The predicted octanol–water partition coefficient (Wildman–Crippen LogP) is 7.27. The molecular formula is C23H26Cl2N4OS. The van der Waals surface area contributed by atoms with E-state index in [1.54, 1.807) is 12.4 Å². The number of ether oxygens (including phenoxy) is 1. The molecule has 1 aromatic heterocycles. The van der Waals surface area contributed by atoms with Crippen LogP contribution < -0.4 is 4.74 Å². The molecule has 3 aromatic rings. The van der Waals surface area contributed by atoms with Gasteiger partial charge in [-0.3, -0.25) is 0 Å². The first kappa shape index (κ1) is 23.5. The Morgan fingerprint density at radius 3 is 2.48 bits per heavy atom. The highest BCUT2D eigenvalue weighted by Gasteiger charge is 2.28. The number of hydrogen-bond donors (Lipinski definition) is 0. The molecule has 1 heterocycles. The van der Waals surface area contributed by atoms with Gasteiger partial charge in [-0.25, -0.2) is 4.99 Å². The lowest BCUT2D eigenvalue weighted by atomic mass is 9.84. The van der Waals surface area contributed by atoms with Crippen LogP contribution in [0.4, 0.5) is 5.69 Å². The second-order valence-electron chi connectivity index (χ2n) is 8.19. The van der Waals surface area contributed by atoms with Crippen LogP contribution in [0.15, 0.2) is 41.4 Å². The van der Waals surface area contributed by atoms with Crippen molar-refractivity contribution < 1.29 is 4.74 Å². The molecule has 0 atom stereocenters. The Hall–Kier alpha value is -2.15. The van der Waals surface area contributed by atoms with Gasteiger partial charge in [-0.15, -0.1) is 0 Å². The third-order valence-electron chi connectivity index (χ3n) is 5.17. The van der Waals surface area contributed by atoms with Crippen LogP contribution in [-0.4, -0.2) is 33.7 Å². The Morgan fingerprint density at radius 2 is 1.84 bits per heavy atom. The molecule has 0 unspecified atom stereocenters. The van der Waals surface area contributed by atoms with E-state index in [0.29, 0.717) is 38.5 Å². The van der Waals surface area contributed by atoms with Crippen LogP contribution in [0.25, 0.3) is 0 Å². The van der Waals surface area contributed by atoms with Gasteiger partial charge in [-0.1, -0.05) is 35.3 Å². The van der Waals surface area contributed by atoms with E-state index < -0.39 is 0 Å². The van der Waals surface area contributed by atoms with Crippen molar-refractivity contribution >= 4 is 46.8 Å². The van der Waals surface area contributed by atoms with Crippen molar-refractivity contribution in [2.24, 2.45) is 4.99 Å². The van der Waals surface area contributed by atoms with Crippen LogP contribution in [0.5, 0.6) is 10.9 Å². The number of hydrogen-bond acceptors (Lipinski definition) is 5. The molecule has 0 saturated carbocycles. The van der Waals surface area contributed by atoms with Gasteiger partial charge >= 0.3 is 0 Å². The average Bonchev–Trinajstić information content (AvgIpc) is 3.19. The molecular weight excluding hydrogens is 451 g/mol. The summed E-state index contributed by atoms with van der Waals surface area (Å²) in [4.78, 5) is 11.1. The summed E-state index contributed by atoms with van der Waals surface area (Å²) >= 11 is 13.7. The number of aliphatic imine (C=N–C) groups is 1. The Morgan fingerprint density at radius 1 is 1.16 bits per heavy atom. The smallest absolute Gasteiger partial charge is 0.298 e. The number of aryl methyl sites for hydroxylation is 1. The summed E-state index contributed by atoms with van der Waals surface area (Å²) in [5, 5.41) is 1.68. The van der Waals surface area contributed by atoms with Crippen LogP contribution in [-0.2, 0) is 5.41 Å². The fraction of sp³-hybridized carbons (Fsp3) is 0.348. The monoisotopic (exact) mass is 476 g/mol. The molecule has 0 spiro atoms. The highest BCUT2D eigenvalue weighted by Crippen LogP contribution is 2.37. The van der Waals surface area contributed by atoms with Gasteiger partial charge in [0.15, 0.2) is 5.82 Å². The first-order valence-corrected chi connectivity index (χ1v) is 11.4. The normalized spacial score (nSPS) is 12.0. The molecule has 0 radical (unpaired) electrons. The van der Waals surface area contributed by atoms with E-state index in [4.69, 9.17) is 27.9 Å². The van der Waals surface area contributed by atoms with E-state index in [1.807, 2.05) is 49.2 Å². The summed E-state index contributed by atoms with van der Waals surface area (Å²) in [6.07, 6.45) is 1.78. The second-order valence-corrected chi connectivity index (χ2v) is 9.75. The molecule has 8 heteroatoms. The van der Waals surface area contributed by atoms with E-state index in [1.165, 1.54) is 11.5 Å². The molecule has 2 aromatic carbocycles. The van der Waals surface area contributed by atoms with E-state index in [-0.39, 0.29) is 5.41 Å². The lowest BCUT2D eigenvalue weighted by Crippen LogP contribution is -2.24. The first-order valence-electron chi connectivity index (χ1n) is 9.92. The van der Waals surface area contributed by atoms with Crippen LogP contribution in [0.1, 0.15) is 44.6 Å². The molecule has 0 aliphatic carbocycles. The zero-order chi connectivity index (χ0) is 22.8. The van der Waals surface area contributed by atoms with Gasteiger partial charge in [0.2, 0.25) is 0 Å². The van der Waals surface area contributed by atoms with Crippen molar-refractivity contribution in [2.45, 2.75) is 46.1 Å². The summed E-state index contributed by atoms with van der Waals surface area (Å²) in [6.45, 7) is 10.3. The number of aromatic nitrogens is 2. The molecule has 0 fully saturated rings. The summed E-state index contributed by atoms with van der Waals surface area (Å²) in [6, 6.07) is 11.8. The van der Waals surface area contributed by atoms with Gasteiger partial charge in [0.25, 0.3) is 5.19 Å². The minimum absolute atomic E-state index is 0.356. The van der Waals surface area contributed by atoms with Gasteiger partial charge in [-0.2, -0.15) is 9.36 Å².